The van der Waals surface area contributed by atoms with Crippen molar-refractivity contribution in [2.75, 3.05) is 0 Å². The molecule has 4 nitrogen and oxygen atoms in total. The fraction of sp³-hybridized carbons (Fsp3) is 0.375. The second kappa shape index (κ2) is 4.47. The second-order valence-electron chi connectivity index (χ2n) is 6.34. The van der Waals surface area contributed by atoms with Gasteiger partial charge in [-0.1, -0.05) is 20.8 Å². The monoisotopic (exact) mass is 269 g/mol. The van der Waals surface area contributed by atoms with Crippen LogP contribution < -0.4 is 0 Å². The summed E-state index contributed by atoms with van der Waals surface area (Å²) in [7, 11) is 0. The van der Waals surface area contributed by atoms with E-state index in [4.69, 9.17) is 4.42 Å². The van der Waals surface area contributed by atoms with Crippen molar-refractivity contribution in [1.82, 2.24) is 14.5 Å². The molecule has 0 aliphatic carbocycles. The summed E-state index contributed by atoms with van der Waals surface area (Å²) >= 11 is 0. The smallest absolute Gasteiger partial charge is 0.178 e. The van der Waals surface area contributed by atoms with E-state index in [-0.39, 0.29) is 5.41 Å². The number of hydrogen-bond donors (Lipinski definition) is 0. The number of aromatic nitrogens is 3. The van der Waals surface area contributed by atoms with Gasteiger partial charge in [-0.2, -0.15) is 0 Å². The molecule has 4 heteroatoms. The van der Waals surface area contributed by atoms with Gasteiger partial charge < -0.3 is 8.98 Å². The SMILES string of the molecule is Cc1ccc(-c2nc3cccnc3n2CC(C)(C)C)o1. The summed E-state index contributed by atoms with van der Waals surface area (Å²) in [5.41, 5.74) is 1.95. The van der Waals surface area contributed by atoms with Gasteiger partial charge in [-0.25, -0.2) is 9.97 Å². The van der Waals surface area contributed by atoms with Gasteiger partial charge in [0.2, 0.25) is 0 Å². The summed E-state index contributed by atoms with van der Waals surface area (Å²) in [5, 5.41) is 0. The highest BCUT2D eigenvalue weighted by Crippen LogP contribution is 2.28. The third-order valence-corrected chi connectivity index (χ3v) is 3.10. The maximum absolute atomic E-state index is 5.74. The van der Waals surface area contributed by atoms with Crippen LogP contribution in [0.25, 0.3) is 22.7 Å². The zero-order chi connectivity index (χ0) is 14.3. The molecule has 0 radical (unpaired) electrons. The lowest BCUT2D eigenvalue weighted by molar-refractivity contribution is 0.348. The number of pyridine rings is 1. The molecule has 0 atom stereocenters. The summed E-state index contributed by atoms with van der Waals surface area (Å²) in [4.78, 5) is 9.16. The van der Waals surface area contributed by atoms with Gasteiger partial charge in [0, 0.05) is 12.7 Å². The van der Waals surface area contributed by atoms with E-state index in [0.29, 0.717) is 0 Å². The molecule has 0 N–H and O–H groups in total. The van der Waals surface area contributed by atoms with Crippen LogP contribution in [0.5, 0.6) is 0 Å². The predicted molar refractivity (Wildman–Crippen MR) is 79.4 cm³/mol. The Morgan fingerprint density at radius 2 is 2.00 bits per heavy atom. The fourth-order valence-electron chi connectivity index (χ4n) is 2.33. The highest BCUT2D eigenvalue weighted by atomic mass is 16.3. The Balaban J connectivity index is 2.22. The molecule has 0 spiro atoms. The molecule has 3 aromatic rings. The van der Waals surface area contributed by atoms with Gasteiger partial charge in [0.15, 0.2) is 17.2 Å². The molecule has 0 saturated heterocycles. The van der Waals surface area contributed by atoms with E-state index in [1.807, 2.05) is 31.2 Å². The summed E-state index contributed by atoms with van der Waals surface area (Å²) in [6.07, 6.45) is 1.81. The molecule has 3 aromatic heterocycles. The van der Waals surface area contributed by atoms with E-state index in [2.05, 4.69) is 35.3 Å². The minimum Gasteiger partial charge on any atom is -0.458 e. The van der Waals surface area contributed by atoms with Crippen molar-refractivity contribution in [3.05, 3.63) is 36.2 Å². The minimum atomic E-state index is 0.140. The Bertz CT molecular complexity index is 747. The van der Waals surface area contributed by atoms with E-state index < -0.39 is 0 Å². The van der Waals surface area contributed by atoms with Gasteiger partial charge in [-0.3, -0.25) is 0 Å². The topological polar surface area (TPSA) is 43.9 Å². The lowest BCUT2D eigenvalue weighted by Gasteiger charge is -2.20. The zero-order valence-corrected chi connectivity index (χ0v) is 12.3. The van der Waals surface area contributed by atoms with Gasteiger partial charge in [-0.05, 0) is 36.6 Å². The predicted octanol–water partition coefficient (Wildman–Crippen LogP) is 4.05. The van der Waals surface area contributed by atoms with Gasteiger partial charge in [-0.15, -0.1) is 0 Å². The van der Waals surface area contributed by atoms with Crippen molar-refractivity contribution >= 4 is 11.2 Å². The van der Waals surface area contributed by atoms with Crippen LogP contribution in [0.15, 0.2) is 34.9 Å². The molecular formula is C16H19N3O. The third kappa shape index (κ3) is 2.33. The largest absolute Gasteiger partial charge is 0.458 e. The first kappa shape index (κ1) is 12.9. The minimum absolute atomic E-state index is 0.140. The van der Waals surface area contributed by atoms with Crippen LogP contribution in [-0.2, 0) is 6.54 Å². The Hall–Kier alpha value is -2.10. The number of fused-ring (bicyclic) bond motifs is 1. The number of rotatable bonds is 2. The first-order valence-corrected chi connectivity index (χ1v) is 6.82. The van der Waals surface area contributed by atoms with E-state index in [9.17, 15) is 0 Å². The molecule has 0 aliphatic rings. The van der Waals surface area contributed by atoms with Gasteiger partial charge in [0.25, 0.3) is 0 Å². The Morgan fingerprint density at radius 3 is 2.65 bits per heavy atom. The number of hydrogen-bond acceptors (Lipinski definition) is 3. The molecule has 0 amide bonds. The standard InChI is InChI=1S/C16H19N3O/c1-11-7-8-13(20-11)15-18-12-6-5-9-17-14(12)19(15)10-16(2,3)4/h5-9H,10H2,1-4H3. The van der Waals surface area contributed by atoms with E-state index in [1.54, 1.807) is 6.20 Å². The lowest BCUT2D eigenvalue weighted by atomic mass is 9.97. The number of nitrogens with zero attached hydrogens (tertiary/aromatic N) is 3. The van der Waals surface area contributed by atoms with Gasteiger partial charge in [0.05, 0.1) is 0 Å². The molecular weight excluding hydrogens is 250 g/mol. The lowest BCUT2D eigenvalue weighted by Crippen LogP contribution is -2.16. The number of furan rings is 1. The average Bonchev–Trinajstić information content (AvgIpc) is 2.93. The first-order chi connectivity index (χ1) is 9.44. The van der Waals surface area contributed by atoms with Crippen molar-refractivity contribution in [1.29, 1.82) is 0 Å². The zero-order valence-electron chi connectivity index (χ0n) is 12.3. The molecule has 0 aromatic carbocycles. The van der Waals surface area contributed by atoms with Crippen molar-refractivity contribution < 1.29 is 4.42 Å². The van der Waals surface area contributed by atoms with Crippen molar-refractivity contribution in [2.45, 2.75) is 34.2 Å². The van der Waals surface area contributed by atoms with E-state index in [0.717, 1.165) is 35.1 Å². The normalized spacial score (nSPS) is 12.2. The summed E-state index contributed by atoms with van der Waals surface area (Å²) in [5.74, 6) is 2.54. The molecule has 0 unspecified atom stereocenters. The maximum atomic E-state index is 5.74. The first-order valence-electron chi connectivity index (χ1n) is 6.82. The maximum Gasteiger partial charge on any atom is 0.178 e. The van der Waals surface area contributed by atoms with E-state index in [1.165, 1.54) is 0 Å². The van der Waals surface area contributed by atoms with Crippen molar-refractivity contribution in [2.24, 2.45) is 5.41 Å². The van der Waals surface area contributed by atoms with E-state index >= 15 is 0 Å². The van der Waals surface area contributed by atoms with Crippen LogP contribution >= 0.6 is 0 Å². The van der Waals surface area contributed by atoms with Crippen molar-refractivity contribution in [3.63, 3.8) is 0 Å². The summed E-state index contributed by atoms with van der Waals surface area (Å²) in [6.45, 7) is 9.41. The molecule has 3 heterocycles. The van der Waals surface area contributed by atoms with Crippen LogP contribution in [0, 0.1) is 12.3 Å². The number of aryl methyl sites for hydroxylation is 1. The van der Waals surface area contributed by atoms with Crippen LogP contribution in [0.3, 0.4) is 0 Å². The average molecular weight is 269 g/mol. The van der Waals surface area contributed by atoms with Crippen LogP contribution in [0.1, 0.15) is 26.5 Å². The molecule has 0 bridgehead atoms. The molecule has 104 valence electrons. The molecule has 0 aliphatic heterocycles. The van der Waals surface area contributed by atoms with Crippen molar-refractivity contribution in [3.8, 4) is 11.6 Å². The van der Waals surface area contributed by atoms with Crippen LogP contribution in [-0.4, -0.2) is 14.5 Å². The fourth-order valence-corrected chi connectivity index (χ4v) is 2.33. The summed E-state index contributed by atoms with van der Waals surface area (Å²) in [6, 6.07) is 7.83. The highest BCUT2D eigenvalue weighted by Gasteiger charge is 2.20. The van der Waals surface area contributed by atoms with Crippen LogP contribution in [0.2, 0.25) is 0 Å². The Morgan fingerprint density at radius 1 is 1.20 bits per heavy atom. The Kier molecular flexibility index (Phi) is 2.89. The summed E-state index contributed by atoms with van der Waals surface area (Å²) < 4.78 is 7.89. The molecule has 0 fully saturated rings. The Labute approximate surface area is 118 Å². The quantitative estimate of drug-likeness (QED) is 0.705. The van der Waals surface area contributed by atoms with Gasteiger partial charge >= 0.3 is 0 Å². The highest BCUT2D eigenvalue weighted by molar-refractivity contribution is 5.75. The molecule has 0 saturated carbocycles. The number of imidazole rings is 1. The van der Waals surface area contributed by atoms with Crippen LogP contribution in [0.4, 0.5) is 0 Å². The molecule has 20 heavy (non-hydrogen) atoms. The second-order valence-corrected chi connectivity index (χ2v) is 6.34. The third-order valence-electron chi connectivity index (χ3n) is 3.10. The van der Waals surface area contributed by atoms with Gasteiger partial charge in [0.1, 0.15) is 11.3 Å². The molecule has 3 rings (SSSR count).